The molecule has 8 nitrogen and oxygen atoms in total. The molecule has 0 atom stereocenters. The van der Waals surface area contributed by atoms with E-state index in [-0.39, 0.29) is 31.1 Å². The van der Waals surface area contributed by atoms with E-state index in [1.165, 1.54) is 22.2 Å². The SMILES string of the molecule is Cc1sc2ncn(CC(=O)NCC(=O)NCc3ccccn3)c(=O)c2c1C. The predicted molar refractivity (Wildman–Crippen MR) is 102 cm³/mol. The number of pyridine rings is 1. The van der Waals surface area contributed by atoms with Crippen LogP contribution in [0.2, 0.25) is 0 Å². The van der Waals surface area contributed by atoms with Crippen molar-refractivity contribution in [1.29, 1.82) is 0 Å². The van der Waals surface area contributed by atoms with E-state index in [1.807, 2.05) is 19.9 Å². The molecule has 0 bridgehead atoms. The van der Waals surface area contributed by atoms with Crippen molar-refractivity contribution in [3.8, 4) is 0 Å². The van der Waals surface area contributed by atoms with E-state index in [9.17, 15) is 14.4 Å². The topological polar surface area (TPSA) is 106 Å². The van der Waals surface area contributed by atoms with Crippen LogP contribution in [0.15, 0.2) is 35.5 Å². The number of amides is 2. The van der Waals surface area contributed by atoms with Gasteiger partial charge in [-0.1, -0.05) is 6.07 Å². The highest BCUT2D eigenvalue weighted by Gasteiger charge is 2.14. The van der Waals surface area contributed by atoms with Gasteiger partial charge in [0.1, 0.15) is 11.4 Å². The lowest BCUT2D eigenvalue weighted by Gasteiger charge is -2.08. The van der Waals surface area contributed by atoms with Crippen LogP contribution in [-0.2, 0) is 22.7 Å². The molecule has 3 aromatic heterocycles. The Morgan fingerprint density at radius 1 is 1.15 bits per heavy atom. The van der Waals surface area contributed by atoms with Gasteiger partial charge < -0.3 is 10.6 Å². The fourth-order valence-electron chi connectivity index (χ4n) is 2.53. The molecule has 3 rings (SSSR count). The van der Waals surface area contributed by atoms with E-state index in [2.05, 4.69) is 20.6 Å². The van der Waals surface area contributed by atoms with Gasteiger partial charge in [-0.2, -0.15) is 0 Å². The summed E-state index contributed by atoms with van der Waals surface area (Å²) in [6, 6.07) is 5.41. The first-order chi connectivity index (χ1) is 13.0. The first kappa shape index (κ1) is 18.7. The second-order valence-corrected chi connectivity index (χ2v) is 7.22. The van der Waals surface area contributed by atoms with Gasteiger partial charge in [-0.15, -0.1) is 11.3 Å². The number of aromatic nitrogens is 3. The van der Waals surface area contributed by atoms with E-state index in [4.69, 9.17) is 0 Å². The van der Waals surface area contributed by atoms with E-state index in [1.54, 1.807) is 18.3 Å². The van der Waals surface area contributed by atoms with Gasteiger partial charge in [0.25, 0.3) is 5.56 Å². The van der Waals surface area contributed by atoms with Crippen molar-refractivity contribution in [2.75, 3.05) is 6.54 Å². The summed E-state index contributed by atoms with van der Waals surface area (Å²) in [6.45, 7) is 3.72. The summed E-state index contributed by atoms with van der Waals surface area (Å²) in [7, 11) is 0. The van der Waals surface area contributed by atoms with Crippen LogP contribution in [0.25, 0.3) is 10.2 Å². The summed E-state index contributed by atoms with van der Waals surface area (Å²) in [5.74, 6) is -0.768. The van der Waals surface area contributed by atoms with Crippen molar-refractivity contribution in [2.45, 2.75) is 26.9 Å². The Hall–Kier alpha value is -3.07. The second kappa shape index (κ2) is 8.09. The standard InChI is InChI=1S/C18H19N5O3S/c1-11-12(2)27-17-16(11)18(26)23(10-22-17)9-15(25)21-8-14(24)20-7-13-5-3-4-6-19-13/h3-6,10H,7-9H2,1-2H3,(H,20,24)(H,21,25). The van der Waals surface area contributed by atoms with Gasteiger partial charge in [0, 0.05) is 11.1 Å². The van der Waals surface area contributed by atoms with Gasteiger partial charge in [-0.25, -0.2) is 4.98 Å². The Kier molecular flexibility index (Phi) is 5.60. The fourth-order valence-corrected chi connectivity index (χ4v) is 3.51. The van der Waals surface area contributed by atoms with Crippen molar-refractivity contribution in [2.24, 2.45) is 0 Å². The smallest absolute Gasteiger partial charge is 0.262 e. The molecule has 0 fully saturated rings. The number of carbonyl (C=O) groups is 2. The van der Waals surface area contributed by atoms with Crippen LogP contribution in [0.1, 0.15) is 16.1 Å². The molecule has 3 heterocycles. The van der Waals surface area contributed by atoms with Crippen molar-refractivity contribution in [3.63, 3.8) is 0 Å². The molecule has 0 aromatic carbocycles. The third kappa shape index (κ3) is 4.37. The summed E-state index contributed by atoms with van der Waals surface area (Å²) < 4.78 is 1.25. The van der Waals surface area contributed by atoms with Gasteiger partial charge in [0.05, 0.1) is 30.5 Å². The highest BCUT2D eigenvalue weighted by atomic mass is 32.1. The third-order valence-corrected chi connectivity index (χ3v) is 5.22. The normalized spacial score (nSPS) is 10.7. The molecular formula is C18H19N5O3S. The third-order valence-electron chi connectivity index (χ3n) is 4.11. The van der Waals surface area contributed by atoms with E-state index < -0.39 is 5.91 Å². The average molecular weight is 385 g/mol. The number of nitrogens with zero attached hydrogens (tertiary/aromatic N) is 3. The number of fused-ring (bicyclic) bond motifs is 1. The van der Waals surface area contributed by atoms with Crippen LogP contribution in [0.4, 0.5) is 0 Å². The predicted octanol–water partition coefficient (Wildman–Crippen LogP) is 0.902. The monoisotopic (exact) mass is 385 g/mol. The Morgan fingerprint density at radius 2 is 1.96 bits per heavy atom. The summed E-state index contributed by atoms with van der Waals surface area (Å²) >= 11 is 1.46. The van der Waals surface area contributed by atoms with Gasteiger partial charge in [-0.05, 0) is 31.5 Å². The molecule has 3 aromatic rings. The maximum atomic E-state index is 12.6. The lowest BCUT2D eigenvalue weighted by atomic mass is 10.2. The van der Waals surface area contributed by atoms with E-state index in [0.717, 1.165) is 16.1 Å². The molecule has 0 radical (unpaired) electrons. The fraction of sp³-hybridized carbons (Fsp3) is 0.278. The zero-order valence-electron chi connectivity index (χ0n) is 15.0. The van der Waals surface area contributed by atoms with Gasteiger partial charge >= 0.3 is 0 Å². The number of rotatable bonds is 6. The van der Waals surface area contributed by atoms with Crippen molar-refractivity contribution >= 4 is 33.4 Å². The van der Waals surface area contributed by atoms with Crippen LogP contribution in [0.3, 0.4) is 0 Å². The molecule has 0 saturated carbocycles. The quantitative estimate of drug-likeness (QED) is 0.656. The number of nitrogens with one attached hydrogen (secondary N) is 2. The molecule has 0 unspecified atom stereocenters. The summed E-state index contributed by atoms with van der Waals surface area (Å²) in [5.41, 5.74) is 1.36. The second-order valence-electron chi connectivity index (χ2n) is 6.02. The van der Waals surface area contributed by atoms with Crippen molar-refractivity contribution in [3.05, 3.63) is 57.2 Å². The van der Waals surface area contributed by atoms with Gasteiger partial charge in [0.2, 0.25) is 11.8 Å². The number of hydrogen-bond donors (Lipinski definition) is 2. The van der Waals surface area contributed by atoms with Crippen LogP contribution in [0.5, 0.6) is 0 Å². The van der Waals surface area contributed by atoms with Crippen LogP contribution < -0.4 is 16.2 Å². The summed E-state index contributed by atoms with van der Waals surface area (Å²) in [4.78, 5) is 46.5. The first-order valence-corrected chi connectivity index (χ1v) is 9.16. The molecule has 0 aliphatic rings. The maximum Gasteiger partial charge on any atom is 0.262 e. The van der Waals surface area contributed by atoms with Gasteiger partial charge in [-0.3, -0.25) is 23.9 Å². The minimum absolute atomic E-state index is 0.174. The lowest BCUT2D eigenvalue weighted by Crippen LogP contribution is -2.39. The van der Waals surface area contributed by atoms with Crippen LogP contribution in [0, 0.1) is 13.8 Å². The molecule has 0 saturated heterocycles. The molecule has 9 heteroatoms. The average Bonchev–Trinajstić information content (AvgIpc) is 2.96. The van der Waals surface area contributed by atoms with Crippen molar-refractivity contribution in [1.82, 2.24) is 25.2 Å². The molecular weight excluding hydrogens is 366 g/mol. The largest absolute Gasteiger partial charge is 0.349 e. The Morgan fingerprint density at radius 3 is 2.70 bits per heavy atom. The number of aryl methyl sites for hydroxylation is 2. The van der Waals surface area contributed by atoms with E-state index >= 15 is 0 Å². The van der Waals surface area contributed by atoms with Crippen LogP contribution >= 0.6 is 11.3 Å². The highest BCUT2D eigenvalue weighted by molar-refractivity contribution is 7.18. The molecule has 0 spiro atoms. The molecule has 0 aliphatic heterocycles. The first-order valence-electron chi connectivity index (χ1n) is 8.34. The zero-order chi connectivity index (χ0) is 19.4. The number of thiophene rings is 1. The maximum absolute atomic E-state index is 12.6. The highest BCUT2D eigenvalue weighted by Crippen LogP contribution is 2.25. The number of carbonyl (C=O) groups excluding carboxylic acids is 2. The van der Waals surface area contributed by atoms with E-state index in [0.29, 0.717) is 10.2 Å². The lowest BCUT2D eigenvalue weighted by molar-refractivity contribution is -0.126. The summed E-state index contributed by atoms with van der Waals surface area (Å²) in [6.07, 6.45) is 3.00. The zero-order valence-corrected chi connectivity index (χ0v) is 15.8. The molecule has 2 N–H and O–H groups in total. The number of hydrogen-bond acceptors (Lipinski definition) is 6. The molecule has 2 amide bonds. The minimum Gasteiger partial charge on any atom is -0.349 e. The Labute approximate surface area is 159 Å². The summed E-state index contributed by atoms with van der Waals surface area (Å²) in [5, 5.41) is 5.72. The van der Waals surface area contributed by atoms with Crippen molar-refractivity contribution < 1.29 is 9.59 Å². The molecule has 140 valence electrons. The Bertz CT molecular complexity index is 1040. The Balaban J connectivity index is 1.55. The van der Waals surface area contributed by atoms with Gasteiger partial charge in [0.15, 0.2) is 0 Å². The molecule has 27 heavy (non-hydrogen) atoms. The molecule has 0 aliphatic carbocycles. The minimum atomic E-state index is -0.434. The van der Waals surface area contributed by atoms with Crippen LogP contribution in [-0.4, -0.2) is 32.9 Å².